The van der Waals surface area contributed by atoms with E-state index in [0.717, 1.165) is 36.6 Å². The lowest BCUT2D eigenvalue weighted by Gasteiger charge is -2.31. The fraction of sp³-hybridized carbons (Fsp3) is 0.500. The van der Waals surface area contributed by atoms with Gasteiger partial charge in [0, 0.05) is 41.7 Å². The number of anilines is 1. The highest BCUT2D eigenvalue weighted by molar-refractivity contribution is 7.80. The van der Waals surface area contributed by atoms with Crippen molar-refractivity contribution in [2.45, 2.75) is 18.4 Å². The predicted molar refractivity (Wildman–Crippen MR) is 76.4 cm³/mol. The minimum absolute atomic E-state index is 0.385. The summed E-state index contributed by atoms with van der Waals surface area (Å²) in [5.41, 5.74) is 11.9. The normalized spacial score (nSPS) is 15.3. The van der Waals surface area contributed by atoms with Crippen LogP contribution < -0.4 is 10.2 Å². The Morgan fingerprint density at radius 2 is 2.17 bits per heavy atom. The van der Waals surface area contributed by atoms with Crippen molar-refractivity contribution in [3.05, 3.63) is 33.7 Å². The van der Waals surface area contributed by atoms with E-state index in [9.17, 15) is 0 Å². The van der Waals surface area contributed by atoms with E-state index in [2.05, 4.69) is 45.9 Å². The van der Waals surface area contributed by atoms with E-state index in [4.69, 9.17) is 5.53 Å². The van der Waals surface area contributed by atoms with Gasteiger partial charge in [-0.3, -0.25) is 0 Å². The molecule has 0 radical (unpaired) electrons. The molecule has 0 saturated carbocycles. The fourth-order valence-electron chi connectivity index (χ4n) is 2.25. The minimum atomic E-state index is 0.385. The zero-order valence-electron chi connectivity index (χ0n) is 10.4. The molecule has 2 rings (SSSR count). The van der Waals surface area contributed by atoms with E-state index in [-0.39, 0.29) is 0 Å². The molecule has 1 aliphatic heterocycles. The first-order valence-corrected chi connectivity index (χ1v) is 6.46. The summed E-state index contributed by atoms with van der Waals surface area (Å²) in [5, 5.41) is 6.99. The maximum absolute atomic E-state index is 8.43. The summed E-state index contributed by atoms with van der Waals surface area (Å²) < 4.78 is 0. The molecule has 1 fully saturated rings. The first-order valence-electron chi connectivity index (χ1n) is 6.01. The van der Waals surface area contributed by atoms with Crippen molar-refractivity contribution in [3.63, 3.8) is 0 Å². The summed E-state index contributed by atoms with van der Waals surface area (Å²) >= 11 is 4.44. The van der Waals surface area contributed by atoms with Crippen LogP contribution in [0, 0.1) is 6.92 Å². The highest BCUT2D eigenvalue weighted by Crippen LogP contribution is 2.28. The summed E-state index contributed by atoms with van der Waals surface area (Å²) in [6.45, 7) is 6.46. The van der Waals surface area contributed by atoms with Crippen molar-refractivity contribution >= 4 is 18.3 Å². The van der Waals surface area contributed by atoms with Crippen LogP contribution in [0.15, 0.2) is 22.1 Å². The zero-order chi connectivity index (χ0) is 13.0. The smallest absolute Gasteiger partial charge is 0.0514 e. The Labute approximate surface area is 112 Å². The third kappa shape index (κ3) is 2.90. The molecule has 18 heavy (non-hydrogen) atoms. The molecule has 1 saturated heterocycles. The van der Waals surface area contributed by atoms with Crippen LogP contribution in [0.5, 0.6) is 0 Å². The van der Waals surface area contributed by atoms with Gasteiger partial charge in [-0.1, -0.05) is 5.11 Å². The molecule has 0 bridgehead atoms. The Hall–Kier alpha value is -1.36. The summed E-state index contributed by atoms with van der Waals surface area (Å²) in [5.74, 6) is 0. The van der Waals surface area contributed by atoms with Crippen LogP contribution in [-0.2, 0) is 6.54 Å². The van der Waals surface area contributed by atoms with Gasteiger partial charge in [0.15, 0.2) is 0 Å². The van der Waals surface area contributed by atoms with Gasteiger partial charge < -0.3 is 10.2 Å². The third-order valence-electron chi connectivity index (χ3n) is 3.23. The molecule has 6 heteroatoms. The molecule has 1 aromatic rings. The molecule has 1 aromatic carbocycles. The van der Waals surface area contributed by atoms with Crippen molar-refractivity contribution in [1.29, 1.82) is 0 Å². The summed E-state index contributed by atoms with van der Waals surface area (Å²) in [7, 11) is 0. The van der Waals surface area contributed by atoms with Crippen molar-refractivity contribution in [1.82, 2.24) is 5.32 Å². The second-order valence-electron chi connectivity index (χ2n) is 4.38. The predicted octanol–water partition coefficient (Wildman–Crippen LogP) is 2.50. The standard InChI is InChI=1S/C12H17N5S/c1-9-10(8-15-16-13)6-11(18)7-12(9)17-4-2-14-3-5-17/h6-7,14,18H,2-5,8H2,1H3. The number of azide groups is 1. The van der Waals surface area contributed by atoms with Gasteiger partial charge in [-0.2, -0.15) is 0 Å². The number of nitrogens with one attached hydrogen (secondary N) is 1. The zero-order valence-corrected chi connectivity index (χ0v) is 11.3. The molecule has 0 unspecified atom stereocenters. The second kappa shape index (κ2) is 6.00. The van der Waals surface area contributed by atoms with Crippen LogP contribution in [0.25, 0.3) is 10.4 Å². The van der Waals surface area contributed by atoms with Crippen molar-refractivity contribution < 1.29 is 0 Å². The van der Waals surface area contributed by atoms with Gasteiger partial charge in [-0.25, -0.2) is 0 Å². The maximum atomic E-state index is 8.43. The Kier molecular flexibility index (Phi) is 4.36. The summed E-state index contributed by atoms with van der Waals surface area (Å²) in [6, 6.07) is 4.06. The van der Waals surface area contributed by atoms with Gasteiger partial charge >= 0.3 is 0 Å². The van der Waals surface area contributed by atoms with E-state index in [1.54, 1.807) is 0 Å². The highest BCUT2D eigenvalue weighted by atomic mass is 32.1. The van der Waals surface area contributed by atoms with Crippen LogP contribution in [-0.4, -0.2) is 26.2 Å². The van der Waals surface area contributed by atoms with Crippen LogP contribution >= 0.6 is 12.6 Å². The first kappa shape index (κ1) is 13.1. The first-order chi connectivity index (χ1) is 8.72. The van der Waals surface area contributed by atoms with Crippen LogP contribution in [0.4, 0.5) is 5.69 Å². The number of rotatable bonds is 3. The van der Waals surface area contributed by atoms with E-state index < -0.39 is 0 Å². The number of nitrogens with zero attached hydrogens (tertiary/aromatic N) is 4. The summed E-state index contributed by atoms with van der Waals surface area (Å²) in [6.07, 6.45) is 0. The van der Waals surface area contributed by atoms with E-state index in [1.807, 2.05) is 6.07 Å². The molecule has 1 heterocycles. The van der Waals surface area contributed by atoms with Gasteiger partial charge in [0.05, 0.1) is 6.54 Å². The number of hydrogen-bond acceptors (Lipinski definition) is 4. The SMILES string of the molecule is Cc1c(CN=[N+]=[N-])cc(S)cc1N1CCNCC1. The van der Waals surface area contributed by atoms with Crippen LogP contribution in [0.3, 0.4) is 0 Å². The summed E-state index contributed by atoms with van der Waals surface area (Å²) in [4.78, 5) is 6.09. The van der Waals surface area contributed by atoms with E-state index in [0.29, 0.717) is 6.54 Å². The van der Waals surface area contributed by atoms with Gasteiger partial charge in [-0.05, 0) is 35.7 Å². The minimum Gasteiger partial charge on any atom is -0.369 e. The van der Waals surface area contributed by atoms with Crippen molar-refractivity contribution in [2.24, 2.45) is 5.11 Å². The third-order valence-corrected chi connectivity index (χ3v) is 3.49. The van der Waals surface area contributed by atoms with E-state index >= 15 is 0 Å². The largest absolute Gasteiger partial charge is 0.369 e. The molecule has 0 aromatic heterocycles. The van der Waals surface area contributed by atoms with E-state index in [1.165, 1.54) is 11.3 Å². The molecule has 96 valence electrons. The monoisotopic (exact) mass is 263 g/mol. The molecule has 5 nitrogen and oxygen atoms in total. The quantitative estimate of drug-likeness (QED) is 0.381. The molecular formula is C12H17N5S. The lowest BCUT2D eigenvalue weighted by atomic mass is 10.1. The molecule has 0 atom stereocenters. The fourth-order valence-corrected chi connectivity index (χ4v) is 2.53. The number of hydrogen-bond donors (Lipinski definition) is 2. The van der Waals surface area contributed by atoms with Crippen molar-refractivity contribution in [3.8, 4) is 0 Å². The Morgan fingerprint density at radius 1 is 1.44 bits per heavy atom. The topological polar surface area (TPSA) is 64.0 Å². The molecule has 0 amide bonds. The number of piperazine rings is 1. The van der Waals surface area contributed by atoms with Gasteiger partial charge in [0.1, 0.15) is 0 Å². The molecule has 1 N–H and O–H groups in total. The maximum Gasteiger partial charge on any atom is 0.0514 e. The average molecular weight is 263 g/mol. The molecule has 1 aliphatic rings. The lowest BCUT2D eigenvalue weighted by Crippen LogP contribution is -2.43. The molecular weight excluding hydrogens is 246 g/mol. The highest BCUT2D eigenvalue weighted by Gasteiger charge is 2.14. The Bertz CT molecular complexity index is 476. The number of thiol groups is 1. The Balaban J connectivity index is 2.33. The Morgan fingerprint density at radius 3 is 2.83 bits per heavy atom. The van der Waals surface area contributed by atoms with Gasteiger partial charge in [-0.15, -0.1) is 12.6 Å². The van der Waals surface area contributed by atoms with Gasteiger partial charge in [0.2, 0.25) is 0 Å². The lowest BCUT2D eigenvalue weighted by molar-refractivity contribution is 0.588. The van der Waals surface area contributed by atoms with Crippen LogP contribution in [0.1, 0.15) is 11.1 Å². The van der Waals surface area contributed by atoms with Gasteiger partial charge in [0.25, 0.3) is 0 Å². The van der Waals surface area contributed by atoms with Crippen LogP contribution in [0.2, 0.25) is 0 Å². The average Bonchev–Trinajstić information content (AvgIpc) is 2.40. The van der Waals surface area contributed by atoms with Crippen molar-refractivity contribution in [2.75, 3.05) is 31.1 Å². The molecule has 0 spiro atoms. The number of benzene rings is 1. The molecule has 0 aliphatic carbocycles. The second-order valence-corrected chi connectivity index (χ2v) is 4.89.